The summed E-state index contributed by atoms with van der Waals surface area (Å²) < 4.78 is 0. The Morgan fingerprint density at radius 3 is 2.76 bits per heavy atom. The van der Waals surface area contributed by atoms with Gasteiger partial charge in [-0.05, 0) is 6.92 Å². The minimum Gasteiger partial charge on any atom is -0.358 e. The molecule has 0 unspecified atom stereocenters. The van der Waals surface area contributed by atoms with Crippen LogP contribution in [0.15, 0.2) is 6.07 Å². The van der Waals surface area contributed by atoms with E-state index in [-0.39, 0.29) is 17.4 Å². The van der Waals surface area contributed by atoms with Gasteiger partial charge >= 0.3 is 0 Å². The molecule has 17 heavy (non-hydrogen) atoms. The van der Waals surface area contributed by atoms with Crippen LogP contribution < -0.4 is 10.6 Å². The molecule has 1 saturated heterocycles. The number of amides is 1. The van der Waals surface area contributed by atoms with Crippen molar-refractivity contribution in [3.8, 4) is 0 Å². The summed E-state index contributed by atoms with van der Waals surface area (Å²) in [6.07, 6.45) is 0. The van der Waals surface area contributed by atoms with Crippen molar-refractivity contribution in [2.75, 3.05) is 11.9 Å². The standard InChI is InChI=1S/C11H15ClN4O/c1-6-14-7(12)4-8(15-6)16-9-10(17)13-5-11(9,2)3/h4,9H,5H2,1-3H3,(H,13,17)(H,14,15,16)/t9-/m1/s1. The third kappa shape index (κ3) is 2.49. The van der Waals surface area contributed by atoms with E-state index in [9.17, 15) is 4.79 Å². The zero-order valence-corrected chi connectivity index (χ0v) is 10.8. The highest BCUT2D eigenvalue weighted by Gasteiger charge is 2.41. The molecule has 5 nitrogen and oxygen atoms in total. The maximum Gasteiger partial charge on any atom is 0.243 e. The summed E-state index contributed by atoms with van der Waals surface area (Å²) in [7, 11) is 0. The number of carbonyl (C=O) groups is 1. The fourth-order valence-electron chi connectivity index (χ4n) is 1.89. The Bertz CT molecular complexity index is 441. The molecule has 1 fully saturated rings. The van der Waals surface area contributed by atoms with Crippen molar-refractivity contribution in [2.24, 2.45) is 5.41 Å². The Balaban J connectivity index is 2.23. The van der Waals surface area contributed by atoms with Crippen LogP contribution in [0.3, 0.4) is 0 Å². The number of aryl methyl sites for hydroxylation is 1. The Morgan fingerprint density at radius 2 is 2.24 bits per heavy atom. The first kappa shape index (κ1) is 12.1. The Hall–Kier alpha value is -1.36. The van der Waals surface area contributed by atoms with E-state index in [1.165, 1.54) is 0 Å². The highest BCUT2D eigenvalue weighted by atomic mass is 35.5. The van der Waals surface area contributed by atoms with Gasteiger partial charge in [0.1, 0.15) is 22.8 Å². The SMILES string of the molecule is Cc1nc(Cl)cc(N[C@@H]2C(=O)NCC2(C)C)n1. The van der Waals surface area contributed by atoms with Crippen LogP contribution in [-0.2, 0) is 4.79 Å². The molecule has 0 spiro atoms. The second-order valence-corrected chi connectivity index (χ2v) is 5.29. The molecule has 6 heteroatoms. The van der Waals surface area contributed by atoms with Crippen LogP contribution in [0.4, 0.5) is 5.82 Å². The topological polar surface area (TPSA) is 66.9 Å². The van der Waals surface area contributed by atoms with E-state index in [2.05, 4.69) is 20.6 Å². The Morgan fingerprint density at radius 1 is 1.53 bits per heavy atom. The van der Waals surface area contributed by atoms with Crippen LogP contribution in [0.2, 0.25) is 5.15 Å². The van der Waals surface area contributed by atoms with E-state index in [1.807, 2.05) is 13.8 Å². The molecule has 0 aliphatic carbocycles. The number of nitrogens with zero attached hydrogens (tertiary/aromatic N) is 2. The van der Waals surface area contributed by atoms with Crippen molar-refractivity contribution in [3.63, 3.8) is 0 Å². The van der Waals surface area contributed by atoms with Crippen LogP contribution in [0.1, 0.15) is 19.7 Å². The summed E-state index contributed by atoms with van der Waals surface area (Å²) in [5.41, 5.74) is -0.150. The van der Waals surface area contributed by atoms with Gasteiger partial charge in [-0.1, -0.05) is 25.4 Å². The van der Waals surface area contributed by atoms with Crippen LogP contribution in [0, 0.1) is 12.3 Å². The lowest BCUT2D eigenvalue weighted by atomic mass is 9.87. The van der Waals surface area contributed by atoms with E-state index < -0.39 is 0 Å². The first-order chi connectivity index (χ1) is 7.88. The number of halogens is 1. The largest absolute Gasteiger partial charge is 0.358 e. The van der Waals surface area contributed by atoms with Gasteiger partial charge in [0.2, 0.25) is 5.91 Å². The van der Waals surface area contributed by atoms with Gasteiger partial charge in [0, 0.05) is 18.0 Å². The molecule has 1 aliphatic heterocycles. The number of aromatic nitrogens is 2. The molecular formula is C11H15ClN4O. The van der Waals surface area contributed by atoms with E-state index in [4.69, 9.17) is 11.6 Å². The van der Waals surface area contributed by atoms with Gasteiger partial charge in [0.25, 0.3) is 0 Å². The van der Waals surface area contributed by atoms with Crippen molar-refractivity contribution >= 4 is 23.3 Å². The van der Waals surface area contributed by atoms with Gasteiger partial charge in [0.05, 0.1) is 0 Å². The summed E-state index contributed by atoms with van der Waals surface area (Å²) in [5.74, 6) is 1.15. The van der Waals surface area contributed by atoms with Crippen molar-refractivity contribution < 1.29 is 4.79 Å². The fraction of sp³-hybridized carbons (Fsp3) is 0.545. The number of hydrogen-bond donors (Lipinski definition) is 2. The highest BCUT2D eigenvalue weighted by Crippen LogP contribution is 2.27. The smallest absolute Gasteiger partial charge is 0.243 e. The minimum atomic E-state index is -0.298. The second-order valence-electron chi connectivity index (χ2n) is 4.91. The molecule has 0 bridgehead atoms. The third-order valence-corrected chi connectivity index (χ3v) is 3.05. The van der Waals surface area contributed by atoms with Gasteiger partial charge in [-0.2, -0.15) is 0 Å². The second kappa shape index (κ2) is 4.14. The predicted octanol–water partition coefficient (Wildman–Crippen LogP) is 1.37. The van der Waals surface area contributed by atoms with Gasteiger partial charge in [-0.25, -0.2) is 9.97 Å². The molecule has 0 saturated carbocycles. The quantitative estimate of drug-likeness (QED) is 0.783. The van der Waals surface area contributed by atoms with E-state index in [1.54, 1.807) is 13.0 Å². The van der Waals surface area contributed by atoms with E-state index in [0.29, 0.717) is 23.3 Å². The van der Waals surface area contributed by atoms with Gasteiger partial charge in [-0.15, -0.1) is 0 Å². The lowest BCUT2D eigenvalue weighted by Crippen LogP contribution is -2.38. The molecule has 1 amide bonds. The van der Waals surface area contributed by atoms with E-state index >= 15 is 0 Å². The normalized spacial score (nSPS) is 22.4. The van der Waals surface area contributed by atoms with Gasteiger partial charge in [0.15, 0.2) is 0 Å². The lowest BCUT2D eigenvalue weighted by Gasteiger charge is -2.24. The molecule has 2 N–H and O–H groups in total. The molecule has 1 aliphatic rings. The summed E-state index contributed by atoms with van der Waals surface area (Å²) in [4.78, 5) is 19.9. The number of hydrogen-bond acceptors (Lipinski definition) is 4. The van der Waals surface area contributed by atoms with Crippen molar-refractivity contribution in [1.29, 1.82) is 0 Å². The van der Waals surface area contributed by atoms with Gasteiger partial charge in [-0.3, -0.25) is 4.79 Å². The molecular weight excluding hydrogens is 240 g/mol. The lowest BCUT2D eigenvalue weighted by molar-refractivity contribution is -0.120. The molecule has 2 heterocycles. The monoisotopic (exact) mass is 254 g/mol. The maximum absolute atomic E-state index is 11.7. The molecule has 0 radical (unpaired) electrons. The zero-order valence-electron chi connectivity index (χ0n) is 10.0. The van der Waals surface area contributed by atoms with Crippen molar-refractivity contribution in [3.05, 3.63) is 17.0 Å². The zero-order chi connectivity index (χ0) is 12.6. The number of rotatable bonds is 2. The first-order valence-electron chi connectivity index (χ1n) is 5.44. The van der Waals surface area contributed by atoms with E-state index in [0.717, 1.165) is 0 Å². The predicted molar refractivity (Wildman–Crippen MR) is 66.0 cm³/mol. The summed E-state index contributed by atoms with van der Waals surface area (Å²) >= 11 is 5.85. The number of nitrogens with one attached hydrogen (secondary N) is 2. The number of anilines is 1. The van der Waals surface area contributed by atoms with Gasteiger partial charge < -0.3 is 10.6 Å². The Kier molecular flexibility index (Phi) is 2.95. The summed E-state index contributed by atoms with van der Waals surface area (Å²) in [5, 5.41) is 6.32. The fourth-order valence-corrected chi connectivity index (χ4v) is 2.11. The maximum atomic E-state index is 11.7. The van der Waals surface area contributed by atoms with Crippen molar-refractivity contribution in [2.45, 2.75) is 26.8 Å². The molecule has 92 valence electrons. The minimum absolute atomic E-state index is 0.0117. The van der Waals surface area contributed by atoms with Crippen molar-refractivity contribution in [1.82, 2.24) is 15.3 Å². The number of carbonyl (C=O) groups excluding carboxylic acids is 1. The average Bonchev–Trinajstić information content (AvgIpc) is 2.43. The van der Waals surface area contributed by atoms with Crippen LogP contribution in [0.5, 0.6) is 0 Å². The Labute approximate surface area is 105 Å². The molecule has 0 aromatic carbocycles. The van der Waals surface area contributed by atoms with Crippen LogP contribution in [-0.4, -0.2) is 28.5 Å². The summed E-state index contributed by atoms with van der Waals surface area (Å²) in [6, 6.07) is 1.32. The highest BCUT2D eigenvalue weighted by molar-refractivity contribution is 6.29. The summed E-state index contributed by atoms with van der Waals surface area (Å²) in [6.45, 7) is 6.47. The molecule has 2 rings (SSSR count). The van der Waals surface area contributed by atoms with Crippen LogP contribution >= 0.6 is 11.6 Å². The average molecular weight is 255 g/mol. The molecule has 1 aromatic rings. The molecule has 1 atom stereocenters. The van der Waals surface area contributed by atoms with Crippen LogP contribution in [0.25, 0.3) is 0 Å². The first-order valence-corrected chi connectivity index (χ1v) is 5.82. The third-order valence-electron chi connectivity index (χ3n) is 2.86. The molecule has 1 aromatic heterocycles.